The lowest BCUT2D eigenvalue weighted by Crippen LogP contribution is -2.31. The third-order valence-electron chi connectivity index (χ3n) is 4.80. The second-order valence-electron chi connectivity index (χ2n) is 7.60. The molecule has 0 spiro atoms. The van der Waals surface area contributed by atoms with Crippen LogP contribution < -0.4 is 4.74 Å². The van der Waals surface area contributed by atoms with E-state index in [1.165, 1.54) is 11.1 Å². The van der Waals surface area contributed by atoms with E-state index in [1.807, 2.05) is 19.9 Å². The molecule has 0 aliphatic rings. The van der Waals surface area contributed by atoms with Gasteiger partial charge in [0.05, 0.1) is 37.1 Å². The van der Waals surface area contributed by atoms with E-state index in [0.717, 1.165) is 6.26 Å². The number of nitrogens with zero attached hydrogens (tertiary/aromatic N) is 2. The number of methoxy groups -OCH3 is 1. The molecule has 1 aromatic heterocycles. The molecule has 0 aliphatic carbocycles. The average Bonchev–Trinajstić information content (AvgIpc) is 3.12. The van der Waals surface area contributed by atoms with E-state index in [9.17, 15) is 18.5 Å². The van der Waals surface area contributed by atoms with Gasteiger partial charge in [-0.25, -0.2) is 17.2 Å². The van der Waals surface area contributed by atoms with Crippen molar-refractivity contribution in [2.24, 2.45) is 0 Å². The number of para-hydroxylation sites is 1. The van der Waals surface area contributed by atoms with E-state index in [2.05, 4.69) is 0 Å². The summed E-state index contributed by atoms with van der Waals surface area (Å²) in [6.07, 6.45) is 1.12. The van der Waals surface area contributed by atoms with Gasteiger partial charge in [0.15, 0.2) is 0 Å². The van der Waals surface area contributed by atoms with Crippen molar-refractivity contribution in [3.8, 4) is 11.8 Å². The minimum Gasteiger partial charge on any atom is -0.492 e. The van der Waals surface area contributed by atoms with Gasteiger partial charge in [-0.3, -0.25) is 0 Å². The summed E-state index contributed by atoms with van der Waals surface area (Å²) in [7, 11) is -2.36. The molecule has 0 saturated heterocycles. The Morgan fingerprint density at radius 1 is 1.17 bits per heavy atom. The molecule has 3 aromatic rings. The molecule has 30 heavy (non-hydrogen) atoms. The number of benzene rings is 2. The van der Waals surface area contributed by atoms with Gasteiger partial charge in [-0.2, -0.15) is 5.26 Å². The summed E-state index contributed by atoms with van der Waals surface area (Å²) in [5.41, 5.74) is 0.884. The van der Waals surface area contributed by atoms with Crippen LogP contribution in [0.4, 0.5) is 0 Å². The quantitative estimate of drug-likeness (QED) is 0.560. The van der Waals surface area contributed by atoms with E-state index in [-0.39, 0.29) is 12.2 Å². The van der Waals surface area contributed by atoms with Crippen LogP contribution in [0.3, 0.4) is 0 Å². The van der Waals surface area contributed by atoms with Gasteiger partial charge in [0.1, 0.15) is 11.3 Å². The summed E-state index contributed by atoms with van der Waals surface area (Å²) in [6, 6.07) is 15.5. The Kier molecular flexibility index (Phi) is 5.59. The number of hydrogen-bond acceptors (Lipinski definition) is 6. The number of esters is 1. The molecule has 0 bridgehead atoms. The molecule has 0 atom stereocenters. The minimum absolute atomic E-state index is 0.109. The van der Waals surface area contributed by atoms with Crippen LogP contribution >= 0.6 is 0 Å². The zero-order valence-electron chi connectivity index (χ0n) is 17.2. The van der Waals surface area contributed by atoms with Crippen LogP contribution in [-0.2, 0) is 20.2 Å². The lowest BCUT2D eigenvalue weighted by molar-refractivity contribution is 0.0594. The van der Waals surface area contributed by atoms with Crippen molar-refractivity contribution in [1.29, 1.82) is 5.26 Å². The summed E-state index contributed by atoms with van der Waals surface area (Å²) >= 11 is 0. The molecule has 2 aromatic carbocycles. The fourth-order valence-corrected chi connectivity index (χ4v) is 4.45. The number of ether oxygens (including phenoxy) is 2. The highest BCUT2D eigenvalue weighted by atomic mass is 32.2. The van der Waals surface area contributed by atoms with Crippen molar-refractivity contribution in [3.63, 3.8) is 0 Å². The van der Waals surface area contributed by atoms with Gasteiger partial charge in [-0.15, -0.1) is 0 Å². The zero-order chi connectivity index (χ0) is 22.1. The molecular formula is C22H22N2O5S. The third kappa shape index (κ3) is 4.02. The molecule has 0 unspecified atom stereocenters. The van der Waals surface area contributed by atoms with Crippen LogP contribution in [0.2, 0.25) is 0 Å². The number of aromatic nitrogens is 1. The number of carbonyl (C=O) groups is 1. The van der Waals surface area contributed by atoms with E-state index in [4.69, 9.17) is 9.47 Å². The van der Waals surface area contributed by atoms with Crippen molar-refractivity contribution in [2.75, 3.05) is 20.0 Å². The van der Waals surface area contributed by atoms with Gasteiger partial charge in [0.25, 0.3) is 0 Å². The van der Waals surface area contributed by atoms with Crippen LogP contribution in [0.5, 0.6) is 5.75 Å². The highest BCUT2D eigenvalue weighted by Gasteiger charge is 2.31. The van der Waals surface area contributed by atoms with Gasteiger partial charge in [0.2, 0.25) is 10.0 Å². The molecule has 0 saturated carbocycles. The average molecular weight is 426 g/mol. The molecule has 7 nitrogen and oxygen atoms in total. The monoisotopic (exact) mass is 426 g/mol. The Labute approximate surface area is 175 Å². The molecule has 8 heteroatoms. The molecule has 0 aliphatic heterocycles. The predicted molar refractivity (Wildman–Crippen MR) is 113 cm³/mol. The first-order valence-corrected chi connectivity index (χ1v) is 11.0. The van der Waals surface area contributed by atoms with E-state index >= 15 is 0 Å². The molecular weight excluding hydrogens is 404 g/mol. The van der Waals surface area contributed by atoms with Gasteiger partial charge >= 0.3 is 5.97 Å². The second kappa shape index (κ2) is 7.84. The van der Waals surface area contributed by atoms with Crippen LogP contribution in [0, 0.1) is 11.3 Å². The van der Waals surface area contributed by atoms with Crippen molar-refractivity contribution < 1.29 is 22.7 Å². The number of hydrogen-bond donors (Lipinski definition) is 0. The Morgan fingerprint density at radius 2 is 1.87 bits per heavy atom. The molecule has 0 radical (unpaired) electrons. The standard InChI is InChI=1S/C22H22N2O5S/c1-22(2,14-29-19-8-6-5-7-17(19)21(25)28-3)20-12-16-10-9-15(13-23)11-18(16)24(20)30(4,26)27/h5-12H,14H2,1-4H3. The summed E-state index contributed by atoms with van der Waals surface area (Å²) in [5, 5.41) is 9.90. The van der Waals surface area contributed by atoms with Gasteiger partial charge in [-0.1, -0.05) is 32.0 Å². The van der Waals surface area contributed by atoms with Crippen LogP contribution in [0.15, 0.2) is 48.5 Å². The smallest absolute Gasteiger partial charge is 0.341 e. The number of nitriles is 1. The number of rotatable bonds is 6. The predicted octanol–water partition coefficient (Wildman–Crippen LogP) is 3.46. The lowest BCUT2D eigenvalue weighted by atomic mass is 9.90. The summed E-state index contributed by atoms with van der Waals surface area (Å²) in [5.74, 6) is -0.163. The summed E-state index contributed by atoms with van der Waals surface area (Å²) in [4.78, 5) is 12.0. The first-order chi connectivity index (χ1) is 14.1. The molecule has 0 N–H and O–H groups in total. The Hall–Kier alpha value is -3.31. The maximum atomic E-state index is 12.6. The maximum Gasteiger partial charge on any atom is 0.341 e. The van der Waals surface area contributed by atoms with E-state index in [1.54, 1.807) is 48.5 Å². The highest BCUT2D eigenvalue weighted by Crippen LogP contribution is 2.33. The molecule has 1 heterocycles. The Morgan fingerprint density at radius 3 is 2.50 bits per heavy atom. The summed E-state index contributed by atoms with van der Waals surface area (Å²) < 4.78 is 37.2. The van der Waals surface area contributed by atoms with Crippen LogP contribution in [-0.4, -0.2) is 38.3 Å². The Balaban J connectivity index is 2.05. The zero-order valence-corrected chi connectivity index (χ0v) is 18.0. The first-order valence-electron chi connectivity index (χ1n) is 9.15. The molecule has 3 rings (SSSR count). The van der Waals surface area contributed by atoms with Crippen molar-refractivity contribution in [2.45, 2.75) is 19.3 Å². The number of fused-ring (bicyclic) bond motifs is 1. The maximum absolute atomic E-state index is 12.6. The highest BCUT2D eigenvalue weighted by molar-refractivity contribution is 7.89. The fourth-order valence-electron chi connectivity index (χ4n) is 3.28. The normalized spacial score (nSPS) is 11.8. The topological polar surface area (TPSA) is 98.4 Å². The molecule has 156 valence electrons. The number of carbonyl (C=O) groups excluding carboxylic acids is 1. The second-order valence-corrected chi connectivity index (χ2v) is 9.43. The molecule has 0 fully saturated rings. The minimum atomic E-state index is -3.66. The van der Waals surface area contributed by atoms with Crippen LogP contribution in [0.25, 0.3) is 10.9 Å². The third-order valence-corrected chi connectivity index (χ3v) is 5.85. The van der Waals surface area contributed by atoms with Gasteiger partial charge in [-0.05, 0) is 30.3 Å². The first kappa shape index (κ1) is 21.4. The van der Waals surface area contributed by atoms with E-state index < -0.39 is 21.4 Å². The summed E-state index contributed by atoms with van der Waals surface area (Å²) in [6.45, 7) is 3.82. The largest absolute Gasteiger partial charge is 0.492 e. The molecule has 0 amide bonds. The lowest BCUT2D eigenvalue weighted by Gasteiger charge is -2.26. The van der Waals surface area contributed by atoms with Gasteiger partial charge < -0.3 is 9.47 Å². The van der Waals surface area contributed by atoms with Gasteiger partial charge in [0, 0.05) is 16.5 Å². The Bertz CT molecular complexity index is 1270. The fraction of sp³-hybridized carbons (Fsp3) is 0.273. The van der Waals surface area contributed by atoms with Crippen molar-refractivity contribution >= 4 is 26.9 Å². The van der Waals surface area contributed by atoms with Crippen molar-refractivity contribution in [1.82, 2.24) is 3.97 Å². The van der Waals surface area contributed by atoms with Crippen molar-refractivity contribution in [3.05, 3.63) is 65.4 Å². The SMILES string of the molecule is COC(=O)c1ccccc1OCC(C)(C)c1cc2ccc(C#N)cc2n1S(C)(=O)=O. The van der Waals surface area contributed by atoms with E-state index in [0.29, 0.717) is 27.9 Å². The van der Waals surface area contributed by atoms with Crippen LogP contribution in [0.1, 0.15) is 35.5 Å².